The Bertz CT molecular complexity index is 261. The SMILES string of the molecule is CC1(CN)CO[B]N(C(=O)C(F)(F)F)C1. The van der Waals surface area contributed by atoms with Crippen molar-refractivity contribution in [2.24, 2.45) is 11.1 Å². The smallest absolute Gasteiger partial charge is 0.418 e. The van der Waals surface area contributed by atoms with Gasteiger partial charge in [0, 0.05) is 25.1 Å². The predicted octanol–water partition coefficient (Wildman–Crippen LogP) is -0.0933. The van der Waals surface area contributed by atoms with Gasteiger partial charge in [0.25, 0.3) is 0 Å². The van der Waals surface area contributed by atoms with Gasteiger partial charge in [0.15, 0.2) is 0 Å². The van der Waals surface area contributed by atoms with Gasteiger partial charge in [0.2, 0.25) is 0 Å². The summed E-state index contributed by atoms with van der Waals surface area (Å²) in [6, 6.07) is 0. The summed E-state index contributed by atoms with van der Waals surface area (Å²) in [4.78, 5) is 11.4. The van der Waals surface area contributed by atoms with E-state index in [1.165, 1.54) is 0 Å². The summed E-state index contributed by atoms with van der Waals surface area (Å²) in [5.74, 6) is -1.93. The minimum absolute atomic E-state index is 0.0815. The van der Waals surface area contributed by atoms with Crippen molar-refractivity contribution in [2.75, 3.05) is 19.7 Å². The Kier molecular flexibility index (Phi) is 3.29. The second-order valence-corrected chi connectivity index (χ2v) is 3.86. The molecular formula is C7H11BF3N2O2. The molecule has 0 bridgehead atoms. The lowest BCUT2D eigenvalue weighted by Gasteiger charge is -2.38. The molecule has 1 saturated heterocycles. The minimum atomic E-state index is -4.88. The maximum absolute atomic E-state index is 12.1. The third kappa shape index (κ3) is 2.85. The van der Waals surface area contributed by atoms with Crippen molar-refractivity contribution in [1.82, 2.24) is 4.81 Å². The second kappa shape index (κ2) is 4.01. The van der Waals surface area contributed by atoms with Crippen LogP contribution >= 0.6 is 0 Å². The van der Waals surface area contributed by atoms with Crippen molar-refractivity contribution in [3.8, 4) is 0 Å². The first-order valence-corrected chi connectivity index (χ1v) is 4.31. The van der Waals surface area contributed by atoms with Gasteiger partial charge in [-0.3, -0.25) is 4.79 Å². The number of carbonyl (C=O) groups is 1. The second-order valence-electron chi connectivity index (χ2n) is 3.86. The van der Waals surface area contributed by atoms with Crippen molar-refractivity contribution >= 4 is 13.5 Å². The van der Waals surface area contributed by atoms with Crippen LogP contribution in [0.1, 0.15) is 6.92 Å². The number of rotatable bonds is 1. The van der Waals surface area contributed by atoms with Crippen LogP contribution in [0.3, 0.4) is 0 Å². The molecule has 85 valence electrons. The largest absolute Gasteiger partial charge is 0.470 e. The normalized spacial score (nSPS) is 27.4. The summed E-state index contributed by atoms with van der Waals surface area (Å²) in [5.41, 5.74) is 4.77. The third-order valence-electron chi connectivity index (χ3n) is 2.18. The molecule has 1 atom stereocenters. The zero-order chi connectivity index (χ0) is 11.7. The van der Waals surface area contributed by atoms with Crippen LogP contribution in [0.25, 0.3) is 0 Å². The molecule has 0 saturated carbocycles. The number of hydrogen-bond donors (Lipinski definition) is 1. The summed E-state index contributed by atoms with van der Waals surface area (Å²) in [6.07, 6.45) is -4.88. The molecule has 0 aromatic carbocycles. The van der Waals surface area contributed by atoms with E-state index in [2.05, 4.69) is 0 Å². The highest BCUT2D eigenvalue weighted by atomic mass is 19.4. The Morgan fingerprint density at radius 2 is 2.27 bits per heavy atom. The van der Waals surface area contributed by atoms with E-state index in [1.54, 1.807) is 6.92 Å². The number of halogens is 3. The molecule has 1 unspecified atom stereocenters. The van der Waals surface area contributed by atoms with Gasteiger partial charge in [-0.1, -0.05) is 6.92 Å². The fourth-order valence-electron chi connectivity index (χ4n) is 1.23. The highest BCUT2D eigenvalue weighted by molar-refractivity contribution is 6.30. The Morgan fingerprint density at radius 1 is 1.67 bits per heavy atom. The molecule has 1 aliphatic heterocycles. The maximum atomic E-state index is 12.1. The van der Waals surface area contributed by atoms with Crippen molar-refractivity contribution in [3.05, 3.63) is 0 Å². The van der Waals surface area contributed by atoms with Gasteiger partial charge in [0.05, 0.1) is 0 Å². The van der Waals surface area contributed by atoms with Gasteiger partial charge in [-0.25, -0.2) is 0 Å². The lowest BCUT2D eigenvalue weighted by atomic mass is 9.86. The van der Waals surface area contributed by atoms with Gasteiger partial charge >= 0.3 is 19.7 Å². The quantitative estimate of drug-likeness (QED) is 0.632. The fraction of sp³-hybridized carbons (Fsp3) is 0.857. The molecule has 0 spiro atoms. The van der Waals surface area contributed by atoms with Crippen molar-refractivity contribution in [1.29, 1.82) is 0 Å². The standard InChI is InChI=1S/C7H11BF3N2O2/c1-6(2-12)3-13(8-15-4-6)5(14)7(9,10)11/h2-4,12H2,1H3. The van der Waals surface area contributed by atoms with Crippen molar-refractivity contribution in [2.45, 2.75) is 13.1 Å². The minimum Gasteiger partial charge on any atom is -0.418 e. The molecule has 1 aliphatic rings. The van der Waals surface area contributed by atoms with Gasteiger partial charge in [0.1, 0.15) is 0 Å². The molecule has 1 heterocycles. The molecule has 2 N–H and O–H groups in total. The average Bonchev–Trinajstić information content (AvgIpc) is 2.15. The van der Waals surface area contributed by atoms with E-state index in [4.69, 9.17) is 10.4 Å². The molecule has 0 aromatic heterocycles. The molecule has 0 aromatic rings. The number of amides is 1. The van der Waals surface area contributed by atoms with E-state index in [9.17, 15) is 18.0 Å². The molecular weight excluding hydrogens is 212 g/mol. The molecule has 1 amide bonds. The number of carbonyl (C=O) groups excluding carboxylic acids is 1. The summed E-state index contributed by atoms with van der Waals surface area (Å²) >= 11 is 0. The number of nitrogens with two attached hydrogens (primary N) is 1. The predicted molar refractivity (Wildman–Crippen MR) is 46.6 cm³/mol. The molecule has 8 heteroatoms. The lowest BCUT2D eigenvalue weighted by molar-refractivity contribution is -0.183. The first kappa shape index (κ1) is 12.3. The number of alkyl halides is 3. The molecule has 15 heavy (non-hydrogen) atoms. The van der Waals surface area contributed by atoms with Gasteiger partial charge in [-0.2, -0.15) is 13.2 Å². The van der Waals surface area contributed by atoms with Gasteiger partial charge in [-0.15, -0.1) is 0 Å². The Hall–Kier alpha value is -0.755. The molecule has 1 radical (unpaired) electrons. The van der Waals surface area contributed by atoms with Crippen LogP contribution in [0.2, 0.25) is 0 Å². The first-order chi connectivity index (χ1) is 6.78. The fourth-order valence-corrected chi connectivity index (χ4v) is 1.23. The molecule has 0 aliphatic carbocycles. The van der Waals surface area contributed by atoms with Crippen LogP contribution in [-0.4, -0.2) is 44.2 Å². The highest BCUT2D eigenvalue weighted by Crippen LogP contribution is 2.25. The highest BCUT2D eigenvalue weighted by Gasteiger charge is 2.46. The van der Waals surface area contributed by atoms with E-state index < -0.39 is 17.5 Å². The summed E-state index contributed by atoms with van der Waals surface area (Å²) in [5, 5.41) is 0. The van der Waals surface area contributed by atoms with Gasteiger partial charge < -0.3 is 15.2 Å². The zero-order valence-electron chi connectivity index (χ0n) is 8.17. The van der Waals surface area contributed by atoms with Crippen LogP contribution in [0.4, 0.5) is 13.2 Å². The zero-order valence-corrected chi connectivity index (χ0v) is 8.17. The third-order valence-corrected chi connectivity index (χ3v) is 2.18. The summed E-state index contributed by atoms with van der Waals surface area (Å²) < 4.78 is 41.1. The topological polar surface area (TPSA) is 55.6 Å². The number of hydrogen-bond acceptors (Lipinski definition) is 3. The van der Waals surface area contributed by atoms with Crippen molar-refractivity contribution < 1.29 is 22.6 Å². The Balaban J connectivity index is 2.69. The number of nitrogens with zero attached hydrogens (tertiary/aromatic N) is 1. The molecule has 1 rings (SSSR count). The molecule has 4 nitrogen and oxygen atoms in total. The van der Waals surface area contributed by atoms with Crippen LogP contribution in [-0.2, 0) is 9.45 Å². The van der Waals surface area contributed by atoms with E-state index in [0.29, 0.717) is 4.81 Å². The van der Waals surface area contributed by atoms with Crippen LogP contribution in [0, 0.1) is 5.41 Å². The molecule has 1 fully saturated rings. The average molecular weight is 223 g/mol. The summed E-state index contributed by atoms with van der Waals surface area (Å²) in [7, 11) is 0.799. The van der Waals surface area contributed by atoms with E-state index in [1.807, 2.05) is 0 Å². The maximum Gasteiger partial charge on any atom is 0.470 e. The Labute approximate surface area is 85.8 Å². The lowest BCUT2D eigenvalue weighted by Crippen LogP contribution is -2.56. The first-order valence-electron chi connectivity index (χ1n) is 4.31. The van der Waals surface area contributed by atoms with Crippen LogP contribution < -0.4 is 5.73 Å². The monoisotopic (exact) mass is 223 g/mol. The van der Waals surface area contributed by atoms with Crippen molar-refractivity contribution in [3.63, 3.8) is 0 Å². The van der Waals surface area contributed by atoms with E-state index >= 15 is 0 Å². The van der Waals surface area contributed by atoms with E-state index in [-0.39, 0.29) is 19.7 Å². The van der Waals surface area contributed by atoms with Crippen LogP contribution in [0.15, 0.2) is 0 Å². The summed E-state index contributed by atoms with van der Waals surface area (Å²) in [6.45, 7) is 1.95. The van der Waals surface area contributed by atoms with E-state index in [0.717, 1.165) is 7.62 Å². The van der Waals surface area contributed by atoms with Crippen LogP contribution in [0.5, 0.6) is 0 Å². The van der Waals surface area contributed by atoms with Gasteiger partial charge in [-0.05, 0) is 0 Å². The Morgan fingerprint density at radius 3 is 2.73 bits per heavy atom.